The van der Waals surface area contributed by atoms with E-state index in [1.165, 1.54) is 4.31 Å². The van der Waals surface area contributed by atoms with Crippen LogP contribution in [0.5, 0.6) is 0 Å². The molecular formula is C11H20N2O4S. The Morgan fingerprint density at radius 3 is 2.67 bits per heavy atom. The Labute approximate surface area is 108 Å². The Bertz CT molecular complexity index is 417. The van der Waals surface area contributed by atoms with Crippen molar-refractivity contribution in [2.75, 3.05) is 32.1 Å². The standard InChI is InChI=1S/C11H20N2O4S/c1-8-4-13(5-10(8)11(12)14)18(15,16)7-9-2-3-17-6-9/h8-10H,2-7H2,1H3,(H2,12,14)/t8-,9?,10-/m1/s1. The molecule has 104 valence electrons. The van der Waals surface area contributed by atoms with Crippen molar-refractivity contribution in [2.24, 2.45) is 23.5 Å². The summed E-state index contributed by atoms with van der Waals surface area (Å²) < 4.78 is 31.0. The highest BCUT2D eigenvalue weighted by Gasteiger charge is 2.40. The Morgan fingerprint density at radius 1 is 1.44 bits per heavy atom. The third kappa shape index (κ3) is 2.84. The normalized spacial score (nSPS) is 33.9. The smallest absolute Gasteiger partial charge is 0.222 e. The Balaban J connectivity index is 2.00. The molecule has 18 heavy (non-hydrogen) atoms. The minimum atomic E-state index is -3.30. The second-order valence-electron chi connectivity index (χ2n) is 5.31. The van der Waals surface area contributed by atoms with E-state index in [-0.39, 0.29) is 30.1 Å². The zero-order chi connectivity index (χ0) is 13.3. The van der Waals surface area contributed by atoms with E-state index < -0.39 is 15.9 Å². The molecule has 2 aliphatic rings. The number of sulfonamides is 1. The Hall–Kier alpha value is -0.660. The van der Waals surface area contributed by atoms with Crippen LogP contribution in [0.1, 0.15) is 13.3 Å². The summed E-state index contributed by atoms with van der Waals surface area (Å²) in [5, 5.41) is 0. The lowest BCUT2D eigenvalue weighted by Crippen LogP contribution is -2.35. The molecule has 7 heteroatoms. The molecule has 1 unspecified atom stereocenters. The molecule has 0 saturated carbocycles. The molecule has 0 aliphatic carbocycles. The summed E-state index contributed by atoms with van der Waals surface area (Å²) in [6, 6.07) is 0. The third-order valence-electron chi connectivity index (χ3n) is 3.81. The molecule has 2 fully saturated rings. The van der Waals surface area contributed by atoms with Gasteiger partial charge >= 0.3 is 0 Å². The van der Waals surface area contributed by atoms with E-state index in [0.717, 1.165) is 6.42 Å². The van der Waals surface area contributed by atoms with Crippen molar-refractivity contribution in [3.05, 3.63) is 0 Å². The van der Waals surface area contributed by atoms with Gasteiger partial charge in [0.05, 0.1) is 18.3 Å². The maximum atomic E-state index is 12.2. The van der Waals surface area contributed by atoms with Crippen LogP contribution in [0.3, 0.4) is 0 Å². The van der Waals surface area contributed by atoms with Gasteiger partial charge in [0.15, 0.2) is 0 Å². The summed E-state index contributed by atoms with van der Waals surface area (Å²) in [7, 11) is -3.30. The van der Waals surface area contributed by atoms with E-state index in [1.54, 1.807) is 0 Å². The van der Waals surface area contributed by atoms with Gasteiger partial charge in [0, 0.05) is 19.7 Å². The predicted molar refractivity (Wildman–Crippen MR) is 66.1 cm³/mol. The fourth-order valence-corrected chi connectivity index (χ4v) is 4.56. The fourth-order valence-electron chi connectivity index (χ4n) is 2.64. The highest BCUT2D eigenvalue weighted by atomic mass is 32.2. The van der Waals surface area contributed by atoms with E-state index in [0.29, 0.717) is 19.8 Å². The number of primary amides is 1. The van der Waals surface area contributed by atoms with Gasteiger partial charge in [-0.2, -0.15) is 0 Å². The topological polar surface area (TPSA) is 89.7 Å². The zero-order valence-electron chi connectivity index (χ0n) is 10.5. The number of carbonyl (C=O) groups excluding carboxylic acids is 1. The first kappa shape index (κ1) is 13.8. The van der Waals surface area contributed by atoms with Gasteiger partial charge in [-0.05, 0) is 18.3 Å². The SMILES string of the molecule is C[C@@H]1CN(S(=O)(=O)CC2CCOC2)C[C@H]1C(N)=O. The van der Waals surface area contributed by atoms with Gasteiger partial charge in [-0.15, -0.1) is 0 Å². The highest BCUT2D eigenvalue weighted by molar-refractivity contribution is 7.89. The molecule has 0 spiro atoms. The lowest BCUT2D eigenvalue weighted by atomic mass is 9.98. The van der Waals surface area contributed by atoms with Crippen LogP contribution >= 0.6 is 0 Å². The monoisotopic (exact) mass is 276 g/mol. The molecule has 0 aromatic rings. The Morgan fingerprint density at radius 2 is 2.17 bits per heavy atom. The maximum absolute atomic E-state index is 12.2. The number of hydrogen-bond donors (Lipinski definition) is 1. The first-order valence-corrected chi connectivity index (χ1v) is 7.86. The van der Waals surface area contributed by atoms with E-state index in [2.05, 4.69) is 0 Å². The van der Waals surface area contributed by atoms with E-state index >= 15 is 0 Å². The largest absolute Gasteiger partial charge is 0.381 e. The van der Waals surface area contributed by atoms with Gasteiger partial charge in [0.25, 0.3) is 0 Å². The van der Waals surface area contributed by atoms with Crippen molar-refractivity contribution in [2.45, 2.75) is 13.3 Å². The second-order valence-corrected chi connectivity index (χ2v) is 7.32. The van der Waals surface area contributed by atoms with Crippen LogP contribution in [-0.2, 0) is 19.6 Å². The zero-order valence-corrected chi connectivity index (χ0v) is 11.4. The molecule has 3 atom stereocenters. The van der Waals surface area contributed by atoms with Gasteiger partial charge < -0.3 is 10.5 Å². The minimum Gasteiger partial charge on any atom is -0.381 e. The van der Waals surface area contributed by atoms with Gasteiger partial charge in [0.2, 0.25) is 15.9 Å². The van der Waals surface area contributed by atoms with Crippen LogP contribution in [0.15, 0.2) is 0 Å². The molecule has 2 aliphatic heterocycles. The molecule has 2 rings (SSSR count). The second kappa shape index (κ2) is 5.14. The lowest BCUT2D eigenvalue weighted by molar-refractivity contribution is -0.122. The number of nitrogens with two attached hydrogens (primary N) is 1. The predicted octanol–water partition coefficient (Wildman–Crippen LogP) is -0.594. The summed E-state index contributed by atoms with van der Waals surface area (Å²) in [6.45, 7) is 3.64. The van der Waals surface area contributed by atoms with Crippen LogP contribution in [0.4, 0.5) is 0 Å². The molecule has 2 saturated heterocycles. The van der Waals surface area contributed by atoms with E-state index in [9.17, 15) is 13.2 Å². The quantitative estimate of drug-likeness (QED) is 0.743. The van der Waals surface area contributed by atoms with E-state index in [4.69, 9.17) is 10.5 Å². The number of carbonyl (C=O) groups is 1. The summed E-state index contributed by atoms with van der Waals surface area (Å²) in [5.74, 6) is -0.579. The third-order valence-corrected chi connectivity index (χ3v) is 5.79. The lowest BCUT2D eigenvalue weighted by Gasteiger charge is -2.18. The van der Waals surface area contributed by atoms with Crippen molar-refractivity contribution >= 4 is 15.9 Å². The fraction of sp³-hybridized carbons (Fsp3) is 0.909. The maximum Gasteiger partial charge on any atom is 0.222 e. The minimum absolute atomic E-state index is 0.00268. The van der Waals surface area contributed by atoms with Crippen molar-refractivity contribution < 1.29 is 17.9 Å². The molecule has 0 radical (unpaired) electrons. The molecular weight excluding hydrogens is 256 g/mol. The molecule has 2 N–H and O–H groups in total. The van der Waals surface area contributed by atoms with Crippen LogP contribution in [0.25, 0.3) is 0 Å². The summed E-state index contributed by atoms with van der Waals surface area (Å²) in [6.07, 6.45) is 0.794. The number of amides is 1. The molecule has 1 amide bonds. The van der Waals surface area contributed by atoms with Crippen LogP contribution in [0, 0.1) is 17.8 Å². The molecule has 0 aromatic carbocycles. The van der Waals surface area contributed by atoms with Crippen molar-refractivity contribution in [1.29, 1.82) is 0 Å². The average molecular weight is 276 g/mol. The molecule has 2 heterocycles. The first-order valence-electron chi connectivity index (χ1n) is 6.25. The van der Waals surface area contributed by atoms with E-state index in [1.807, 2.05) is 6.92 Å². The number of ether oxygens (including phenoxy) is 1. The summed E-state index contributed by atoms with van der Waals surface area (Å²) in [5.41, 5.74) is 5.28. The summed E-state index contributed by atoms with van der Waals surface area (Å²) in [4.78, 5) is 11.2. The highest BCUT2D eigenvalue weighted by Crippen LogP contribution is 2.27. The van der Waals surface area contributed by atoms with Crippen molar-refractivity contribution in [1.82, 2.24) is 4.31 Å². The van der Waals surface area contributed by atoms with Gasteiger partial charge in [-0.3, -0.25) is 4.79 Å². The van der Waals surface area contributed by atoms with Crippen LogP contribution < -0.4 is 5.73 Å². The Kier molecular flexibility index (Phi) is 3.93. The first-order chi connectivity index (χ1) is 8.40. The van der Waals surface area contributed by atoms with Crippen molar-refractivity contribution in [3.63, 3.8) is 0 Å². The number of hydrogen-bond acceptors (Lipinski definition) is 4. The summed E-state index contributed by atoms with van der Waals surface area (Å²) >= 11 is 0. The molecule has 0 bridgehead atoms. The van der Waals surface area contributed by atoms with Crippen LogP contribution in [-0.4, -0.2) is 50.7 Å². The number of nitrogens with zero attached hydrogens (tertiary/aromatic N) is 1. The molecule has 6 nitrogen and oxygen atoms in total. The average Bonchev–Trinajstić information content (AvgIpc) is 2.86. The van der Waals surface area contributed by atoms with Crippen LogP contribution in [0.2, 0.25) is 0 Å². The molecule has 0 aromatic heterocycles. The number of rotatable bonds is 4. The van der Waals surface area contributed by atoms with Crippen molar-refractivity contribution in [3.8, 4) is 0 Å². The van der Waals surface area contributed by atoms with Gasteiger partial charge in [-0.25, -0.2) is 12.7 Å². The van der Waals surface area contributed by atoms with Gasteiger partial charge in [-0.1, -0.05) is 6.92 Å². The van der Waals surface area contributed by atoms with Gasteiger partial charge in [0.1, 0.15) is 0 Å².